The van der Waals surface area contributed by atoms with Crippen molar-refractivity contribution >= 4 is 43.3 Å². The highest BCUT2D eigenvalue weighted by molar-refractivity contribution is 7.89. The lowest BCUT2D eigenvalue weighted by atomic mass is 10.0. The first kappa shape index (κ1) is 24.7. The molecule has 0 saturated heterocycles. The van der Waals surface area contributed by atoms with Crippen molar-refractivity contribution in [3.63, 3.8) is 0 Å². The van der Waals surface area contributed by atoms with Crippen molar-refractivity contribution in [1.82, 2.24) is 24.9 Å². The van der Waals surface area contributed by atoms with Crippen LogP contribution in [0.4, 0.5) is 11.5 Å². The molecule has 9 heteroatoms. The van der Waals surface area contributed by atoms with E-state index in [1.54, 1.807) is 19.1 Å². The molecule has 0 spiro atoms. The average Bonchev–Trinajstić information content (AvgIpc) is 3.37. The quantitative estimate of drug-likeness (QED) is 0.231. The normalized spacial score (nSPS) is 11.7. The van der Waals surface area contributed by atoms with E-state index in [0.29, 0.717) is 28.5 Å². The highest BCUT2D eigenvalue weighted by atomic mass is 32.2. The average molecular weight is 535 g/mol. The lowest BCUT2D eigenvalue weighted by Crippen LogP contribution is -2.24. The number of benzene rings is 4. The number of imidazole rings is 1. The number of hydrogen-bond donors (Lipinski definition) is 3. The Morgan fingerprint density at radius 2 is 1.56 bits per heavy atom. The summed E-state index contributed by atoms with van der Waals surface area (Å²) < 4.78 is 29.4. The minimum absolute atomic E-state index is 0.0444. The van der Waals surface area contributed by atoms with Crippen LogP contribution in [-0.4, -0.2) is 28.6 Å². The Kier molecular flexibility index (Phi) is 6.30. The number of rotatable bonds is 7. The number of anilines is 2. The lowest BCUT2D eigenvalue weighted by Gasteiger charge is -2.13. The second-order valence-electron chi connectivity index (χ2n) is 9.44. The van der Waals surface area contributed by atoms with E-state index in [9.17, 15) is 8.42 Å². The van der Waals surface area contributed by atoms with Crippen molar-refractivity contribution in [2.24, 2.45) is 0 Å². The smallest absolute Gasteiger partial charge is 0.241 e. The molecular weight excluding hydrogens is 508 g/mol. The summed E-state index contributed by atoms with van der Waals surface area (Å²) >= 11 is 0. The summed E-state index contributed by atoms with van der Waals surface area (Å²) in [6, 6.07) is 28.8. The third-order valence-corrected chi connectivity index (χ3v) is 8.16. The maximum Gasteiger partial charge on any atom is 0.241 e. The summed E-state index contributed by atoms with van der Waals surface area (Å²) in [4.78, 5) is 7.81. The van der Waals surface area contributed by atoms with Gasteiger partial charge in [0.15, 0.2) is 5.82 Å². The molecule has 6 rings (SSSR count). The molecule has 2 heterocycles. The number of H-pyrrole nitrogens is 1. The number of fused-ring (bicyclic) bond motifs is 2. The van der Waals surface area contributed by atoms with Crippen LogP contribution < -0.4 is 10.0 Å². The van der Waals surface area contributed by atoms with Gasteiger partial charge < -0.3 is 10.3 Å². The highest BCUT2D eigenvalue weighted by Crippen LogP contribution is 2.32. The van der Waals surface area contributed by atoms with Crippen molar-refractivity contribution in [2.45, 2.75) is 25.3 Å². The number of nitrogens with zero attached hydrogens (tertiary/aromatic N) is 3. The van der Waals surface area contributed by atoms with Gasteiger partial charge in [0.1, 0.15) is 11.5 Å². The molecule has 0 fully saturated rings. The van der Waals surface area contributed by atoms with Crippen molar-refractivity contribution in [2.75, 3.05) is 5.32 Å². The van der Waals surface area contributed by atoms with Crippen LogP contribution in [0, 0.1) is 13.8 Å². The molecule has 2 aromatic heterocycles. The van der Waals surface area contributed by atoms with Gasteiger partial charge in [-0.1, -0.05) is 66.2 Å². The Morgan fingerprint density at radius 1 is 0.821 bits per heavy atom. The van der Waals surface area contributed by atoms with E-state index in [4.69, 9.17) is 0 Å². The second kappa shape index (κ2) is 9.94. The van der Waals surface area contributed by atoms with Crippen molar-refractivity contribution in [3.8, 4) is 11.3 Å². The first-order valence-electron chi connectivity index (χ1n) is 12.5. The second-order valence-corrected chi connectivity index (χ2v) is 11.2. The molecule has 0 saturated carbocycles. The zero-order valence-corrected chi connectivity index (χ0v) is 22.3. The minimum Gasteiger partial charge on any atom is -0.341 e. The van der Waals surface area contributed by atoms with E-state index in [-0.39, 0.29) is 11.4 Å². The van der Waals surface area contributed by atoms with E-state index in [0.717, 1.165) is 27.5 Å². The van der Waals surface area contributed by atoms with Gasteiger partial charge >= 0.3 is 0 Å². The molecule has 194 valence electrons. The fraction of sp³-hybridized carbons (Fsp3) is 0.100. The predicted octanol–water partition coefficient (Wildman–Crippen LogP) is 6.01. The maximum absolute atomic E-state index is 13.4. The van der Waals surface area contributed by atoms with Crippen LogP contribution in [0.1, 0.15) is 17.0 Å². The maximum atomic E-state index is 13.4. The van der Waals surface area contributed by atoms with Gasteiger partial charge in [-0.25, -0.2) is 18.1 Å². The first-order valence-corrected chi connectivity index (χ1v) is 14.0. The van der Waals surface area contributed by atoms with Crippen molar-refractivity contribution in [3.05, 3.63) is 108 Å². The molecule has 0 aliphatic rings. The van der Waals surface area contributed by atoms with E-state index < -0.39 is 10.0 Å². The molecule has 0 amide bonds. The van der Waals surface area contributed by atoms with Crippen molar-refractivity contribution in [1.29, 1.82) is 0 Å². The number of aromatic amines is 1. The molecule has 0 radical (unpaired) electrons. The third kappa shape index (κ3) is 4.97. The molecule has 6 aromatic rings. The van der Waals surface area contributed by atoms with Crippen LogP contribution >= 0.6 is 0 Å². The SMILES string of the molecule is Cc1ccc(Nc2nnc(-c3ccc(C)c(S(=O)(=O)NCc4nc5ccccc5[nH]4)c3)c3ccccc23)cc1. The van der Waals surface area contributed by atoms with Gasteiger partial charge in [0.05, 0.1) is 22.5 Å². The zero-order chi connectivity index (χ0) is 27.0. The Morgan fingerprint density at radius 3 is 2.36 bits per heavy atom. The number of hydrogen-bond acceptors (Lipinski definition) is 6. The van der Waals surface area contributed by atoms with Gasteiger partial charge in [0, 0.05) is 22.0 Å². The molecule has 0 bridgehead atoms. The fourth-order valence-corrected chi connectivity index (χ4v) is 5.81. The van der Waals surface area contributed by atoms with E-state index >= 15 is 0 Å². The first-order chi connectivity index (χ1) is 18.9. The Hall–Kier alpha value is -4.60. The summed E-state index contributed by atoms with van der Waals surface area (Å²) in [6.45, 7) is 3.86. The largest absolute Gasteiger partial charge is 0.341 e. The minimum atomic E-state index is -3.83. The van der Waals surface area contributed by atoms with Gasteiger partial charge in [0.2, 0.25) is 10.0 Å². The van der Waals surface area contributed by atoms with E-state index in [1.165, 1.54) is 5.56 Å². The van der Waals surface area contributed by atoms with Crippen LogP contribution in [0.25, 0.3) is 33.1 Å². The topological polar surface area (TPSA) is 113 Å². The Labute approximate surface area is 226 Å². The van der Waals surface area contributed by atoms with E-state index in [1.807, 2.05) is 85.8 Å². The number of aryl methyl sites for hydroxylation is 2. The predicted molar refractivity (Wildman–Crippen MR) is 154 cm³/mol. The number of para-hydroxylation sites is 2. The Balaban J connectivity index is 1.33. The molecule has 0 aliphatic carbocycles. The number of aromatic nitrogens is 4. The molecule has 0 unspecified atom stereocenters. The summed E-state index contributed by atoms with van der Waals surface area (Å²) in [5, 5.41) is 14.1. The number of sulfonamides is 1. The van der Waals surface area contributed by atoms with Gasteiger partial charge in [-0.15, -0.1) is 10.2 Å². The van der Waals surface area contributed by atoms with Crippen LogP contribution in [0.3, 0.4) is 0 Å². The molecule has 8 nitrogen and oxygen atoms in total. The third-order valence-electron chi connectivity index (χ3n) is 6.62. The lowest BCUT2D eigenvalue weighted by molar-refractivity contribution is 0.579. The van der Waals surface area contributed by atoms with Gasteiger partial charge in [-0.05, 0) is 49.7 Å². The van der Waals surface area contributed by atoms with Gasteiger partial charge in [-0.3, -0.25) is 0 Å². The van der Waals surface area contributed by atoms with Crippen LogP contribution in [0.2, 0.25) is 0 Å². The monoisotopic (exact) mass is 534 g/mol. The van der Waals surface area contributed by atoms with Crippen LogP contribution in [0.5, 0.6) is 0 Å². The molecule has 0 atom stereocenters. The molecule has 3 N–H and O–H groups in total. The summed E-state index contributed by atoms with van der Waals surface area (Å²) in [7, 11) is -3.83. The molecule has 0 aliphatic heterocycles. The molecular formula is C30H26N6O2S. The van der Waals surface area contributed by atoms with Crippen LogP contribution in [-0.2, 0) is 16.6 Å². The fourth-order valence-electron chi connectivity index (χ4n) is 4.55. The van der Waals surface area contributed by atoms with Crippen molar-refractivity contribution < 1.29 is 8.42 Å². The number of nitrogens with one attached hydrogen (secondary N) is 3. The highest BCUT2D eigenvalue weighted by Gasteiger charge is 2.20. The Bertz CT molecular complexity index is 1900. The summed E-state index contributed by atoms with van der Waals surface area (Å²) in [6.07, 6.45) is 0. The summed E-state index contributed by atoms with van der Waals surface area (Å²) in [5.74, 6) is 1.17. The van der Waals surface area contributed by atoms with Gasteiger partial charge in [0.25, 0.3) is 0 Å². The standard InChI is InChI=1S/C30H26N6O2S/c1-19-11-15-22(16-12-19)32-30-24-8-4-3-7-23(24)29(35-36-30)21-14-13-20(2)27(17-21)39(37,38)31-18-28-33-25-9-5-6-10-26(25)34-28/h3-17,31H,18H2,1-2H3,(H,32,36)(H,33,34). The van der Waals surface area contributed by atoms with Crippen LogP contribution in [0.15, 0.2) is 95.9 Å². The molecule has 39 heavy (non-hydrogen) atoms. The van der Waals surface area contributed by atoms with E-state index in [2.05, 4.69) is 30.2 Å². The van der Waals surface area contributed by atoms with Gasteiger partial charge in [-0.2, -0.15) is 0 Å². The summed E-state index contributed by atoms with van der Waals surface area (Å²) in [5.41, 5.74) is 5.62. The molecule has 4 aromatic carbocycles. The zero-order valence-electron chi connectivity index (χ0n) is 21.4.